The van der Waals surface area contributed by atoms with Crippen molar-refractivity contribution in [1.82, 2.24) is 4.90 Å². The van der Waals surface area contributed by atoms with E-state index >= 15 is 0 Å². The molecule has 2 aliphatic heterocycles. The number of hydrogen-bond acceptors (Lipinski definition) is 9. The van der Waals surface area contributed by atoms with Gasteiger partial charge in [0.25, 0.3) is 11.7 Å². The summed E-state index contributed by atoms with van der Waals surface area (Å²) in [4.78, 5) is 45.0. The highest BCUT2D eigenvalue weighted by Gasteiger charge is 2.38. The van der Waals surface area contributed by atoms with E-state index in [9.17, 15) is 28.4 Å². The average molecular weight is 706 g/mol. The predicted octanol–water partition coefficient (Wildman–Crippen LogP) is 4.83. The van der Waals surface area contributed by atoms with Crippen LogP contribution in [0.1, 0.15) is 40.4 Å². The highest BCUT2D eigenvalue weighted by atomic mass is 35.5. The molecule has 0 spiro atoms. The summed E-state index contributed by atoms with van der Waals surface area (Å²) in [6.45, 7) is -0.202. The molecular formula is C33H32Cl2F2N4O7. The Kier molecular flexibility index (Phi) is 9.90. The van der Waals surface area contributed by atoms with Crippen LogP contribution in [0.15, 0.2) is 48.8 Å². The minimum Gasteiger partial charge on any atom is -0.619 e. The first-order valence-corrected chi connectivity index (χ1v) is 16.1. The third kappa shape index (κ3) is 7.58. The number of esters is 1. The van der Waals surface area contributed by atoms with Crippen LogP contribution in [0.2, 0.25) is 10.0 Å². The van der Waals surface area contributed by atoms with E-state index in [0.29, 0.717) is 21.9 Å². The van der Waals surface area contributed by atoms with Gasteiger partial charge in [-0.3, -0.25) is 19.3 Å². The fourth-order valence-electron chi connectivity index (χ4n) is 5.69. The number of carbonyl (C=O) groups excluding carboxylic acids is 3. The third-order valence-electron chi connectivity index (χ3n) is 8.56. The van der Waals surface area contributed by atoms with Gasteiger partial charge >= 0.3 is 12.6 Å². The number of hydrogen-bond donors (Lipinski definition) is 0. The smallest absolute Gasteiger partial charge is 0.387 e. The summed E-state index contributed by atoms with van der Waals surface area (Å²) < 4.78 is 43.2. The Bertz CT molecular complexity index is 1710. The summed E-state index contributed by atoms with van der Waals surface area (Å²) in [7, 11) is 2.03. The van der Waals surface area contributed by atoms with Crippen LogP contribution in [-0.4, -0.2) is 75.5 Å². The van der Waals surface area contributed by atoms with Gasteiger partial charge in [-0.25, -0.2) is 0 Å². The first-order chi connectivity index (χ1) is 23.0. The second kappa shape index (κ2) is 14.1. The second-order valence-electron chi connectivity index (χ2n) is 12.0. The number of benzene rings is 2. The summed E-state index contributed by atoms with van der Waals surface area (Å²) in [5.74, 6) is -2.35. The number of anilines is 2. The summed E-state index contributed by atoms with van der Waals surface area (Å²) in [6.07, 6.45) is 2.83. The summed E-state index contributed by atoms with van der Waals surface area (Å²) in [5.41, 5.74) is 1.90. The number of carbonyl (C=O) groups is 3. The molecule has 1 aromatic heterocycles. The molecule has 0 bridgehead atoms. The Morgan fingerprint density at radius 1 is 1.02 bits per heavy atom. The van der Waals surface area contributed by atoms with E-state index in [2.05, 4.69) is 14.5 Å². The van der Waals surface area contributed by atoms with Crippen molar-refractivity contribution in [2.45, 2.75) is 32.0 Å². The molecule has 0 N–H and O–H groups in total. The Labute approximate surface area is 285 Å². The zero-order chi connectivity index (χ0) is 34.1. The van der Waals surface area contributed by atoms with Gasteiger partial charge in [0.15, 0.2) is 23.9 Å². The topological polar surface area (TPSA) is 116 Å². The highest BCUT2D eigenvalue weighted by Crippen LogP contribution is 2.38. The number of likely N-dealkylation sites (N-methyl/N-ethyl adjacent to an activating group) is 1. The maximum absolute atomic E-state index is 13.6. The molecule has 15 heteroatoms. The molecule has 1 aliphatic carbocycles. The molecular weight excluding hydrogens is 673 g/mol. The van der Waals surface area contributed by atoms with E-state index in [0.717, 1.165) is 62.0 Å². The minimum atomic E-state index is -3.10. The van der Waals surface area contributed by atoms with Gasteiger partial charge in [0.1, 0.15) is 22.7 Å². The lowest BCUT2D eigenvalue weighted by atomic mass is 10.0. The zero-order valence-corrected chi connectivity index (χ0v) is 27.4. The summed E-state index contributed by atoms with van der Waals surface area (Å²) in [5, 5.41) is 11.9. The zero-order valence-electron chi connectivity index (χ0n) is 25.9. The van der Waals surface area contributed by atoms with E-state index in [1.165, 1.54) is 18.2 Å². The van der Waals surface area contributed by atoms with E-state index in [1.54, 1.807) is 18.2 Å². The van der Waals surface area contributed by atoms with Crippen molar-refractivity contribution in [3.8, 4) is 11.5 Å². The Hall–Kier alpha value is -4.20. The highest BCUT2D eigenvalue weighted by molar-refractivity contribution is 6.52. The Morgan fingerprint density at radius 3 is 2.40 bits per heavy atom. The quantitative estimate of drug-likeness (QED) is 0.113. The Balaban J connectivity index is 1.28. The number of nitrogens with zero attached hydrogens (tertiary/aromatic N) is 4. The second-order valence-corrected chi connectivity index (χ2v) is 12.8. The molecule has 11 nitrogen and oxygen atoms in total. The fourth-order valence-corrected chi connectivity index (χ4v) is 6.29. The van der Waals surface area contributed by atoms with E-state index in [-0.39, 0.29) is 45.7 Å². The standard InChI is InChI=1S/C33H32Cl2F2N4O7/c1-38-8-10-39(11-9-38)21-5-6-22-26(13-21)41(32(44)31(22)43)17-30(42)47-28(14-23-24(34)15-40(45)16-25(23)35)20-4-7-27(48-33(36)37)29(12-20)46-18-19-2-3-19/h4-7,12-13,15-16,19,28,33H,2-3,8-11,14,17-18H2,1H3/t28-/m0/s1. The molecule has 2 fully saturated rings. The maximum Gasteiger partial charge on any atom is 0.387 e. The number of alkyl halides is 2. The van der Waals surface area contributed by atoms with Crippen molar-refractivity contribution >= 4 is 52.2 Å². The summed E-state index contributed by atoms with van der Waals surface area (Å²) in [6, 6.07) is 9.24. The van der Waals surface area contributed by atoms with Gasteiger partial charge in [0.05, 0.1) is 17.9 Å². The van der Waals surface area contributed by atoms with Crippen molar-refractivity contribution in [3.05, 3.63) is 80.7 Å². The molecule has 1 amide bonds. The SMILES string of the molecule is CN1CCN(c2ccc3c(c2)N(CC(=O)O[C@@H](Cc2c(Cl)c[n+]([O-])cc2Cl)c2ccc(OC(F)F)c(OCC4CC4)c2)C(=O)C3=O)CC1. The van der Waals surface area contributed by atoms with Crippen LogP contribution in [0.3, 0.4) is 0 Å². The van der Waals surface area contributed by atoms with Crippen molar-refractivity contribution in [1.29, 1.82) is 0 Å². The van der Waals surface area contributed by atoms with Crippen molar-refractivity contribution in [3.63, 3.8) is 0 Å². The first kappa shape index (κ1) is 33.7. The lowest BCUT2D eigenvalue weighted by molar-refractivity contribution is -0.605. The van der Waals surface area contributed by atoms with E-state index < -0.39 is 36.9 Å². The van der Waals surface area contributed by atoms with Crippen molar-refractivity contribution in [2.24, 2.45) is 5.92 Å². The van der Waals surface area contributed by atoms with Crippen molar-refractivity contribution < 1.29 is 42.1 Å². The van der Waals surface area contributed by atoms with Gasteiger partial charge in [-0.2, -0.15) is 13.5 Å². The molecule has 0 unspecified atom stereocenters. The first-order valence-electron chi connectivity index (χ1n) is 15.4. The molecule has 1 atom stereocenters. The van der Waals surface area contributed by atoms with Gasteiger partial charge in [-0.15, -0.1) is 0 Å². The average Bonchev–Trinajstić information content (AvgIpc) is 3.85. The van der Waals surface area contributed by atoms with Crippen LogP contribution in [-0.2, 0) is 20.7 Å². The van der Waals surface area contributed by atoms with Gasteiger partial charge in [-0.1, -0.05) is 29.3 Å². The van der Waals surface area contributed by atoms with Gasteiger partial charge in [0.2, 0.25) is 0 Å². The van der Waals surface area contributed by atoms with Crippen LogP contribution >= 0.6 is 23.2 Å². The summed E-state index contributed by atoms with van der Waals surface area (Å²) >= 11 is 12.7. The number of Topliss-reactive ketones (excluding diaryl/α,β-unsaturated/α-hetero) is 1. The third-order valence-corrected chi connectivity index (χ3v) is 9.21. The lowest BCUT2D eigenvalue weighted by Crippen LogP contribution is -2.44. The number of piperazine rings is 1. The molecule has 48 heavy (non-hydrogen) atoms. The monoisotopic (exact) mass is 704 g/mol. The Morgan fingerprint density at radius 2 is 1.73 bits per heavy atom. The van der Waals surface area contributed by atoms with Crippen molar-refractivity contribution in [2.75, 3.05) is 56.2 Å². The molecule has 3 aromatic rings. The van der Waals surface area contributed by atoms with E-state index in [4.69, 9.17) is 32.7 Å². The van der Waals surface area contributed by atoms with Gasteiger partial charge < -0.3 is 29.2 Å². The largest absolute Gasteiger partial charge is 0.619 e. The number of rotatable bonds is 12. The minimum absolute atomic E-state index is 0.00657. The number of ketones is 1. The number of amides is 1. The predicted molar refractivity (Wildman–Crippen MR) is 172 cm³/mol. The fraction of sp³-hybridized carbons (Fsp3) is 0.394. The van der Waals surface area contributed by atoms with Crippen LogP contribution in [0.25, 0.3) is 0 Å². The normalized spacial score (nSPS) is 17.1. The van der Waals surface area contributed by atoms with Crippen LogP contribution in [0.5, 0.6) is 11.5 Å². The van der Waals surface area contributed by atoms with Crippen LogP contribution in [0.4, 0.5) is 20.2 Å². The van der Waals surface area contributed by atoms with Crippen LogP contribution < -0.4 is 24.0 Å². The molecule has 3 aliphatic rings. The number of ether oxygens (including phenoxy) is 3. The molecule has 1 saturated heterocycles. The number of fused-ring (bicyclic) bond motifs is 1. The molecule has 1 saturated carbocycles. The maximum atomic E-state index is 13.6. The van der Waals surface area contributed by atoms with Gasteiger partial charge in [0, 0.05) is 43.9 Å². The molecule has 254 valence electrons. The molecule has 6 rings (SSSR count). The lowest BCUT2D eigenvalue weighted by Gasteiger charge is -2.34. The number of pyridine rings is 1. The molecule has 0 radical (unpaired) electrons. The molecule has 3 heterocycles. The number of halogens is 4. The number of aromatic nitrogens is 1. The van der Waals surface area contributed by atoms with Gasteiger partial charge in [-0.05, 0) is 61.7 Å². The van der Waals surface area contributed by atoms with E-state index in [1.807, 2.05) is 7.05 Å². The molecule has 2 aromatic carbocycles. The van der Waals surface area contributed by atoms with Crippen LogP contribution in [0, 0.1) is 11.1 Å².